The van der Waals surface area contributed by atoms with Crippen molar-refractivity contribution >= 4 is 29.3 Å². The van der Waals surface area contributed by atoms with E-state index in [0.717, 1.165) is 32.1 Å². The molecule has 174 valence electrons. The molecule has 9 heteroatoms. The molecular weight excluding hydrogens is 422 g/mol. The lowest BCUT2D eigenvalue weighted by Crippen LogP contribution is -2.72. The van der Waals surface area contributed by atoms with Crippen LogP contribution in [0.15, 0.2) is 29.2 Å². The molecule has 0 aliphatic carbocycles. The number of hydrogen-bond donors (Lipinski definition) is 1. The predicted molar refractivity (Wildman–Crippen MR) is 122 cm³/mol. The maximum atomic E-state index is 14.0. The molecule has 9 nitrogen and oxygen atoms in total. The van der Waals surface area contributed by atoms with Gasteiger partial charge in [0.15, 0.2) is 5.41 Å². The van der Waals surface area contributed by atoms with Crippen molar-refractivity contribution in [3.05, 3.63) is 40.3 Å². The Kier molecular flexibility index (Phi) is 5.42. The van der Waals surface area contributed by atoms with Crippen molar-refractivity contribution in [3.63, 3.8) is 0 Å². The van der Waals surface area contributed by atoms with Crippen LogP contribution >= 0.6 is 0 Å². The van der Waals surface area contributed by atoms with E-state index in [0.29, 0.717) is 36.4 Å². The van der Waals surface area contributed by atoms with E-state index in [1.165, 1.54) is 9.30 Å². The average Bonchev–Trinajstić information content (AvgIpc) is 3.07. The first-order valence-electron chi connectivity index (χ1n) is 11.9. The third-order valence-electron chi connectivity index (χ3n) is 7.34. The molecule has 2 saturated heterocycles. The number of hydrogen-bond acceptors (Lipinski definition) is 6. The number of aromatic nitrogens is 2. The Morgan fingerprint density at radius 1 is 1.12 bits per heavy atom. The number of amides is 4. The van der Waals surface area contributed by atoms with E-state index in [2.05, 4.69) is 12.2 Å². The molecule has 3 aliphatic heterocycles. The van der Waals surface area contributed by atoms with Gasteiger partial charge in [-0.15, -0.1) is 0 Å². The molecule has 0 aromatic carbocycles. The lowest BCUT2D eigenvalue weighted by molar-refractivity contribution is -0.153. The Morgan fingerprint density at radius 3 is 2.79 bits per heavy atom. The number of unbranched alkanes of at least 4 members (excludes halogenated alkanes) is 2. The van der Waals surface area contributed by atoms with Crippen LogP contribution in [0.5, 0.6) is 0 Å². The van der Waals surface area contributed by atoms with E-state index in [1.54, 1.807) is 18.3 Å². The molecule has 2 fully saturated rings. The SMILES string of the molecule is CCCCCN1C(=O)NC(=O)C2(Cc3c(nc4ccccn4c3=O)N3CCCCCC32)C1=O. The lowest BCUT2D eigenvalue weighted by Gasteiger charge is -2.50. The van der Waals surface area contributed by atoms with Crippen LogP contribution in [0.4, 0.5) is 10.6 Å². The van der Waals surface area contributed by atoms with E-state index in [4.69, 9.17) is 4.98 Å². The second-order valence-corrected chi connectivity index (χ2v) is 9.28. The molecule has 4 amide bonds. The van der Waals surface area contributed by atoms with Crippen LogP contribution in [0.1, 0.15) is 57.4 Å². The summed E-state index contributed by atoms with van der Waals surface area (Å²) < 4.78 is 1.46. The molecule has 1 spiro atoms. The highest BCUT2D eigenvalue weighted by atomic mass is 16.2. The van der Waals surface area contributed by atoms with Gasteiger partial charge in [-0.05, 0) is 31.4 Å². The monoisotopic (exact) mass is 451 g/mol. The molecule has 2 unspecified atom stereocenters. The molecule has 33 heavy (non-hydrogen) atoms. The van der Waals surface area contributed by atoms with Gasteiger partial charge in [-0.2, -0.15) is 0 Å². The fourth-order valence-electron chi connectivity index (χ4n) is 5.66. The molecule has 3 aliphatic rings. The minimum absolute atomic E-state index is 0.0462. The lowest BCUT2D eigenvalue weighted by atomic mass is 9.68. The van der Waals surface area contributed by atoms with Crippen LogP contribution in [0.25, 0.3) is 5.65 Å². The third kappa shape index (κ3) is 3.24. The van der Waals surface area contributed by atoms with E-state index >= 15 is 0 Å². The zero-order chi connectivity index (χ0) is 23.2. The van der Waals surface area contributed by atoms with Gasteiger partial charge in [0.2, 0.25) is 11.8 Å². The summed E-state index contributed by atoms with van der Waals surface area (Å²) in [5, 5.41) is 2.46. The summed E-state index contributed by atoms with van der Waals surface area (Å²) in [6.45, 7) is 2.93. The number of rotatable bonds is 4. The van der Waals surface area contributed by atoms with Crippen molar-refractivity contribution in [1.82, 2.24) is 19.6 Å². The van der Waals surface area contributed by atoms with Gasteiger partial charge in [-0.3, -0.25) is 29.0 Å². The summed E-state index contributed by atoms with van der Waals surface area (Å²) in [4.78, 5) is 61.6. The molecule has 5 rings (SSSR count). The Balaban J connectivity index is 1.68. The second kappa shape index (κ2) is 8.28. The summed E-state index contributed by atoms with van der Waals surface area (Å²) in [5.41, 5.74) is -0.881. The Hall–Kier alpha value is -3.23. The fraction of sp³-hybridized carbons (Fsp3) is 0.542. The topological polar surface area (TPSA) is 104 Å². The van der Waals surface area contributed by atoms with Gasteiger partial charge in [0.1, 0.15) is 11.5 Å². The van der Waals surface area contributed by atoms with Crippen LogP contribution < -0.4 is 15.8 Å². The number of pyridine rings is 1. The van der Waals surface area contributed by atoms with Gasteiger partial charge < -0.3 is 4.90 Å². The Labute approximate surface area is 191 Å². The van der Waals surface area contributed by atoms with E-state index in [9.17, 15) is 19.2 Å². The second-order valence-electron chi connectivity index (χ2n) is 9.28. The zero-order valence-electron chi connectivity index (χ0n) is 18.9. The number of carbonyl (C=O) groups is 3. The molecule has 2 aromatic heterocycles. The van der Waals surface area contributed by atoms with Gasteiger partial charge in [-0.1, -0.05) is 38.7 Å². The number of imide groups is 2. The molecule has 0 radical (unpaired) electrons. The van der Waals surface area contributed by atoms with Crippen LogP contribution in [0.2, 0.25) is 0 Å². The van der Waals surface area contributed by atoms with Crippen molar-refractivity contribution in [2.75, 3.05) is 18.0 Å². The highest BCUT2D eigenvalue weighted by molar-refractivity contribution is 6.20. The quantitative estimate of drug-likeness (QED) is 0.565. The minimum atomic E-state index is -1.51. The molecule has 2 aromatic rings. The smallest absolute Gasteiger partial charge is 0.330 e. The summed E-state index contributed by atoms with van der Waals surface area (Å²) in [6.07, 6.45) is 7.47. The molecule has 0 bridgehead atoms. The number of carbonyl (C=O) groups excluding carboxylic acids is 3. The third-order valence-corrected chi connectivity index (χ3v) is 7.34. The Morgan fingerprint density at radius 2 is 1.97 bits per heavy atom. The van der Waals surface area contributed by atoms with Gasteiger partial charge in [0, 0.05) is 25.7 Å². The predicted octanol–water partition coefficient (Wildman–Crippen LogP) is 2.25. The maximum absolute atomic E-state index is 14.0. The number of barbiturate groups is 1. The summed E-state index contributed by atoms with van der Waals surface area (Å²) in [7, 11) is 0. The van der Waals surface area contributed by atoms with Crippen molar-refractivity contribution in [2.45, 2.75) is 64.3 Å². The highest BCUT2D eigenvalue weighted by Crippen LogP contribution is 2.45. The summed E-state index contributed by atoms with van der Waals surface area (Å²) in [6, 6.07) is 4.26. The van der Waals surface area contributed by atoms with Crippen molar-refractivity contribution in [3.8, 4) is 0 Å². The standard InChI is InChI=1S/C24H29N5O4/c1-2-3-7-14-29-22(32)24(21(31)26-23(29)33)15-16-19(27-12-8-4-5-10-17(24)27)25-18-11-6-9-13-28(18)20(16)30/h6,9,11,13,17H,2-5,7-8,10,12,14-15H2,1H3,(H,26,31,33). The van der Waals surface area contributed by atoms with Gasteiger partial charge in [-0.25, -0.2) is 9.78 Å². The van der Waals surface area contributed by atoms with Crippen molar-refractivity contribution < 1.29 is 14.4 Å². The van der Waals surface area contributed by atoms with Gasteiger partial charge >= 0.3 is 6.03 Å². The fourth-order valence-corrected chi connectivity index (χ4v) is 5.66. The molecule has 5 heterocycles. The van der Waals surface area contributed by atoms with E-state index in [1.807, 2.05) is 11.0 Å². The van der Waals surface area contributed by atoms with Crippen LogP contribution in [0.3, 0.4) is 0 Å². The number of urea groups is 1. The van der Waals surface area contributed by atoms with Gasteiger partial charge in [0.05, 0.1) is 11.6 Å². The number of nitrogens with one attached hydrogen (secondary N) is 1. The maximum Gasteiger partial charge on any atom is 0.330 e. The van der Waals surface area contributed by atoms with Crippen LogP contribution in [0, 0.1) is 5.41 Å². The van der Waals surface area contributed by atoms with Crippen LogP contribution in [-0.2, 0) is 16.0 Å². The molecule has 2 atom stereocenters. The summed E-state index contributed by atoms with van der Waals surface area (Å²) >= 11 is 0. The first-order chi connectivity index (χ1) is 16.0. The number of anilines is 1. The normalized spacial score (nSPS) is 25.1. The largest absolute Gasteiger partial charge is 0.352 e. The summed E-state index contributed by atoms with van der Waals surface area (Å²) in [5.74, 6) is -0.504. The number of nitrogens with zero attached hydrogens (tertiary/aromatic N) is 4. The molecule has 1 N–H and O–H groups in total. The van der Waals surface area contributed by atoms with Crippen molar-refractivity contribution in [2.24, 2.45) is 5.41 Å². The average molecular weight is 452 g/mol. The first-order valence-corrected chi connectivity index (χ1v) is 11.9. The Bertz CT molecular complexity index is 1190. The van der Waals surface area contributed by atoms with E-state index in [-0.39, 0.29) is 18.5 Å². The van der Waals surface area contributed by atoms with E-state index < -0.39 is 29.3 Å². The molecule has 0 saturated carbocycles. The van der Waals surface area contributed by atoms with Gasteiger partial charge in [0.25, 0.3) is 5.56 Å². The molecular formula is C24H29N5O4. The number of fused-ring (bicyclic) bond motifs is 5. The highest BCUT2D eigenvalue weighted by Gasteiger charge is 2.62. The van der Waals surface area contributed by atoms with Crippen molar-refractivity contribution in [1.29, 1.82) is 0 Å². The minimum Gasteiger partial charge on any atom is -0.352 e. The first kappa shape index (κ1) is 21.6. The zero-order valence-corrected chi connectivity index (χ0v) is 18.9. The van der Waals surface area contributed by atoms with Crippen LogP contribution in [-0.4, -0.2) is 51.3 Å².